The van der Waals surface area contributed by atoms with Gasteiger partial charge in [-0.1, -0.05) is 17.7 Å². The highest BCUT2D eigenvalue weighted by Crippen LogP contribution is 2.22. The highest BCUT2D eigenvalue weighted by Gasteiger charge is 1.99. The first-order chi connectivity index (χ1) is 7.24. The average molecular weight is 223 g/mol. The first-order valence-electron chi connectivity index (χ1n) is 4.20. The molecule has 1 aromatic heterocycles. The van der Waals surface area contributed by atoms with Crippen LogP contribution in [0.4, 0.5) is 0 Å². The van der Waals surface area contributed by atoms with Crippen LogP contribution in [0.5, 0.6) is 17.4 Å². The quantitative estimate of drug-likeness (QED) is 0.849. The van der Waals surface area contributed by atoms with Crippen LogP contribution in [0, 0.1) is 0 Å². The van der Waals surface area contributed by atoms with E-state index in [9.17, 15) is 5.11 Å². The van der Waals surface area contributed by atoms with Crippen molar-refractivity contribution in [3.8, 4) is 17.4 Å². The summed E-state index contributed by atoms with van der Waals surface area (Å²) in [5.74, 6) is 0.950. The van der Waals surface area contributed by atoms with Gasteiger partial charge in [0, 0.05) is 12.1 Å². The number of phenolic OH excluding ortho intramolecular Hbond substituents is 1. The molecule has 0 atom stereocenters. The molecule has 0 radical (unpaired) electrons. The number of hydrogen-bond donors (Lipinski definition) is 1. The summed E-state index contributed by atoms with van der Waals surface area (Å²) in [4.78, 5) is 0. The molecular formula is C10H7ClN2O2. The summed E-state index contributed by atoms with van der Waals surface area (Å²) in [6, 6.07) is 9.59. The van der Waals surface area contributed by atoms with Gasteiger partial charge in [0.25, 0.3) is 0 Å². The maximum atomic E-state index is 9.20. The smallest absolute Gasteiger partial charge is 0.238 e. The first kappa shape index (κ1) is 9.73. The molecule has 5 heteroatoms. The van der Waals surface area contributed by atoms with Crippen molar-refractivity contribution in [2.75, 3.05) is 0 Å². The van der Waals surface area contributed by atoms with Crippen LogP contribution in [0.3, 0.4) is 0 Å². The molecule has 0 fully saturated rings. The molecule has 1 aromatic carbocycles. The zero-order chi connectivity index (χ0) is 10.7. The number of aromatic nitrogens is 2. The summed E-state index contributed by atoms with van der Waals surface area (Å²) in [6.45, 7) is 0. The van der Waals surface area contributed by atoms with E-state index >= 15 is 0 Å². The van der Waals surface area contributed by atoms with E-state index in [1.807, 2.05) is 0 Å². The number of halogens is 1. The molecule has 0 bridgehead atoms. The molecule has 0 aliphatic rings. The van der Waals surface area contributed by atoms with Gasteiger partial charge in [0.2, 0.25) is 5.88 Å². The van der Waals surface area contributed by atoms with Crippen molar-refractivity contribution in [3.63, 3.8) is 0 Å². The summed E-state index contributed by atoms with van der Waals surface area (Å²) < 4.78 is 5.32. The van der Waals surface area contributed by atoms with Crippen LogP contribution in [-0.4, -0.2) is 15.3 Å². The van der Waals surface area contributed by atoms with Crippen LogP contribution in [-0.2, 0) is 0 Å². The molecule has 0 aliphatic carbocycles. The highest BCUT2D eigenvalue weighted by molar-refractivity contribution is 6.29. The van der Waals surface area contributed by atoms with E-state index in [-0.39, 0.29) is 5.75 Å². The van der Waals surface area contributed by atoms with Crippen molar-refractivity contribution in [2.45, 2.75) is 0 Å². The predicted molar refractivity (Wildman–Crippen MR) is 55.2 cm³/mol. The third-order valence-electron chi connectivity index (χ3n) is 1.65. The minimum atomic E-state index is 0.134. The standard InChI is InChI=1S/C10H7ClN2O2/c11-9-4-5-10(13-12-9)15-8-3-1-2-7(14)6-8/h1-6,14H. The van der Waals surface area contributed by atoms with Crippen LogP contribution in [0.25, 0.3) is 0 Å². The predicted octanol–water partition coefficient (Wildman–Crippen LogP) is 2.63. The lowest BCUT2D eigenvalue weighted by Gasteiger charge is -2.03. The Morgan fingerprint density at radius 1 is 1.13 bits per heavy atom. The SMILES string of the molecule is Oc1cccc(Oc2ccc(Cl)nn2)c1. The van der Waals surface area contributed by atoms with Gasteiger partial charge in [-0.05, 0) is 18.2 Å². The number of benzene rings is 1. The van der Waals surface area contributed by atoms with Crippen LogP contribution >= 0.6 is 11.6 Å². The maximum absolute atomic E-state index is 9.20. The molecule has 0 saturated heterocycles. The molecule has 0 aliphatic heterocycles. The van der Waals surface area contributed by atoms with E-state index in [0.29, 0.717) is 16.8 Å². The lowest BCUT2D eigenvalue weighted by molar-refractivity contribution is 0.441. The number of phenols is 1. The molecule has 15 heavy (non-hydrogen) atoms. The topological polar surface area (TPSA) is 55.2 Å². The zero-order valence-corrected chi connectivity index (χ0v) is 8.35. The minimum absolute atomic E-state index is 0.134. The van der Waals surface area contributed by atoms with Gasteiger partial charge in [0.1, 0.15) is 11.5 Å². The zero-order valence-electron chi connectivity index (χ0n) is 7.59. The van der Waals surface area contributed by atoms with Crippen molar-refractivity contribution < 1.29 is 9.84 Å². The molecule has 0 spiro atoms. The van der Waals surface area contributed by atoms with Crippen LogP contribution in [0.2, 0.25) is 5.15 Å². The fourth-order valence-corrected chi connectivity index (χ4v) is 1.13. The molecule has 0 amide bonds. The Bertz CT molecular complexity index is 459. The Labute approximate surface area is 91.1 Å². The van der Waals surface area contributed by atoms with E-state index in [1.165, 1.54) is 6.07 Å². The first-order valence-corrected chi connectivity index (χ1v) is 4.58. The molecule has 1 N–H and O–H groups in total. The highest BCUT2D eigenvalue weighted by atomic mass is 35.5. The van der Waals surface area contributed by atoms with Gasteiger partial charge >= 0.3 is 0 Å². The lowest BCUT2D eigenvalue weighted by Crippen LogP contribution is -1.89. The number of ether oxygens (including phenoxy) is 1. The largest absolute Gasteiger partial charge is 0.508 e. The van der Waals surface area contributed by atoms with Crippen molar-refractivity contribution in [2.24, 2.45) is 0 Å². The number of aromatic hydroxyl groups is 1. The summed E-state index contributed by atoms with van der Waals surface area (Å²) in [5, 5.41) is 16.8. The second-order valence-corrected chi connectivity index (χ2v) is 3.18. The van der Waals surface area contributed by atoms with E-state index in [1.54, 1.807) is 30.3 Å². The molecule has 0 saturated carbocycles. The molecule has 76 valence electrons. The van der Waals surface area contributed by atoms with E-state index < -0.39 is 0 Å². The fraction of sp³-hybridized carbons (Fsp3) is 0. The Balaban J connectivity index is 2.18. The normalized spacial score (nSPS) is 9.93. The third kappa shape index (κ3) is 2.57. The van der Waals surface area contributed by atoms with Crippen molar-refractivity contribution in [3.05, 3.63) is 41.6 Å². The molecular weight excluding hydrogens is 216 g/mol. The summed E-state index contributed by atoms with van der Waals surface area (Å²) >= 11 is 5.57. The number of hydrogen-bond acceptors (Lipinski definition) is 4. The van der Waals surface area contributed by atoms with Crippen LogP contribution < -0.4 is 4.74 Å². The van der Waals surface area contributed by atoms with Crippen molar-refractivity contribution in [1.29, 1.82) is 0 Å². The van der Waals surface area contributed by atoms with Gasteiger partial charge in [0.05, 0.1) is 0 Å². The summed E-state index contributed by atoms with van der Waals surface area (Å²) in [7, 11) is 0. The molecule has 0 unspecified atom stereocenters. The summed E-state index contributed by atoms with van der Waals surface area (Å²) in [6.07, 6.45) is 0. The second-order valence-electron chi connectivity index (χ2n) is 2.79. The second kappa shape index (κ2) is 4.14. The van der Waals surface area contributed by atoms with Gasteiger partial charge in [-0.2, -0.15) is 0 Å². The van der Waals surface area contributed by atoms with E-state index in [2.05, 4.69) is 10.2 Å². The van der Waals surface area contributed by atoms with Crippen LogP contribution in [0.15, 0.2) is 36.4 Å². The van der Waals surface area contributed by atoms with Gasteiger partial charge in [-0.3, -0.25) is 0 Å². The van der Waals surface area contributed by atoms with Crippen molar-refractivity contribution >= 4 is 11.6 Å². The molecule has 2 rings (SSSR count). The number of rotatable bonds is 2. The fourth-order valence-electron chi connectivity index (χ4n) is 1.03. The Kier molecular flexibility index (Phi) is 2.69. The monoisotopic (exact) mass is 222 g/mol. The minimum Gasteiger partial charge on any atom is -0.508 e. The number of nitrogens with zero attached hydrogens (tertiary/aromatic N) is 2. The molecule has 4 nitrogen and oxygen atoms in total. The van der Waals surface area contributed by atoms with Gasteiger partial charge in [-0.25, -0.2) is 0 Å². The van der Waals surface area contributed by atoms with Gasteiger partial charge in [-0.15, -0.1) is 10.2 Å². The third-order valence-corrected chi connectivity index (χ3v) is 1.85. The van der Waals surface area contributed by atoms with Gasteiger partial charge in [0.15, 0.2) is 5.15 Å². The van der Waals surface area contributed by atoms with Crippen LogP contribution in [0.1, 0.15) is 0 Å². The van der Waals surface area contributed by atoms with E-state index in [0.717, 1.165) is 0 Å². The average Bonchev–Trinajstić information content (AvgIpc) is 2.22. The summed E-state index contributed by atoms with van der Waals surface area (Å²) in [5.41, 5.74) is 0. The lowest BCUT2D eigenvalue weighted by atomic mass is 10.3. The van der Waals surface area contributed by atoms with Gasteiger partial charge < -0.3 is 9.84 Å². The Hall–Kier alpha value is -1.81. The van der Waals surface area contributed by atoms with E-state index in [4.69, 9.17) is 16.3 Å². The Morgan fingerprint density at radius 2 is 2.00 bits per heavy atom. The maximum Gasteiger partial charge on any atom is 0.238 e. The molecule has 1 heterocycles. The Morgan fingerprint density at radius 3 is 2.67 bits per heavy atom. The molecule has 2 aromatic rings. The van der Waals surface area contributed by atoms with Crippen molar-refractivity contribution in [1.82, 2.24) is 10.2 Å².